The lowest BCUT2D eigenvalue weighted by atomic mass is 10.1. The van der Waals surface area contributed by atoms with Crippen LogP contribution in [0.5, 0.6) is 5.75 Å². The average Bonchev–Trinajstić information content (AvgIpc) is 2.42. The summed E-state index contributed by atoms with van der Waals surface area (Å²) < 4.78 is 5.13. The molecule has 0 aliphatic carbocycles. The first-order valence-electron chi connectivity index (χ1n) is 6.81. The topological polar surface area (TPSA) is 53.7 Å². The van der Waals surface area contributed by atoms with Crippen LogP contribution in [0.25, 0.3) is 11.0 Å². The number of aromatic hydroxyl groups is 1. The van der Waals surface area contributed by atoms with E-state index in [0.717, 1.165) is 24.0 Å². The Labute approximate surface area is 121 Å². The molecule has 20 heavy (non-hydrogen) atoms. The molecule has 4 nitrogen and oxygen atoms in total. The lowest BCUT2D eigenvalue weighted by Gasteiger charge is -2.26. The number of piperidine rings is 1. The van der Waals surface area contributed by atoms with Crippen LogP contribution in [0.3, 0.4) is 0 Å². The van der Waals surface area contributed by atoms with Crippen molar-refractivity contribution in [2.45, 2.75) is 25.8 Å². The molecule has 1 aromatic heterocycles. The molecule has 1 aromatic carbocycles. The molecule has 1 aliphatic heterocycles. The van der Waals surface area contributed by atoms with Gasteiger partial charge in [-0.15, -0.1) is 0 Å². The van der Waals surface area contributed by atoms with E-state index in [0.29, 0.717) is 12.1 Å². The van der Waals surface area contributed by atoms with Crippen molar-refractivity contribution in [2.75, 3.05) is 13.1 Å². The highest BCUT2D eigenvalue weighted by Crippen LogP contribution is 2.30. The van der Waals surface area contributed by atoms with E-state index < -0.39 is 5.63 Å². The molecule has 0 radical (unpaired) electrons. The molecule has 0 amide bonds. The summed E-state index contributed by atoms with van der Waals surface area (Å²) in [5.41, 5.74) is 0.887. The van der Waals surface area contributed by atoms with Crippen molar-refractivity contribution >= 4 is 22.6 Å². The van der Waals surface area contributed by atoms with E-state index in [1.165, 1.54) is 31.4 Å². The summed E-state index contributed by atoms with van der Waals surface area (Å²) in [4.78, 5) is 14.0. The Bertz CT molecular complexity index is 689. The Balaban J connectivity index is 2.04. The fourth-order valence-corrected chi connectivity index (χ4v) is 2.89. The van der Waals surface area contributed by atoms with Gasteiger partial charge in [-0.25, -0.2) is 4.79 Å². The molecule has 0 unspecified atom stereocenters. The van der Waals surface area contributed by atoms with Crippen LogP contribution in [0.15, 0.2) is 27.4 Å². The first kappa shape index (κ1) is 13.5. The Morgan fingerprint density at radius 1 is 1.20 bits per heavy atom. The zero-order chi connectivity index (χ0) is 14.1. The number of hydrogen-bond donors (Lipinski definition) is 1. The van der Waals surface area contributed by atoms with Crippen molar-refractivity contribution in [1.29, 1.82) is 0 Å². The minimum atomic E-state index is -0.397. The Morgan fingerprint density at radius 2 is 1.95 bits per heavy atom. The van der Waals surface area contributed by atoms with E-state index in [4.69, 9.17) is 16.0 Å². The van der Waals surface area contributed by atoms with Gasteiger partial charge in [-0.05, 0) is 37.6 Å². The van der Waals surface area contributed by atoms with E-state index in [2.05, 4.69) is 4.90 Å². The van der Waals surface area contributed by atoms with Crippen molar-refractivity contribution in [2.24, 2.45) is 0 Å². The van der Waals surface area contributed by atoms with Gasteiger partial charge in [0.2, 0.25) is 0 Å². The van der Waals surface area contributed by atoms with Crippen LogP contribution < -0.4 is 5.63 Å². The highest BCUT2D eigenvalue weighted by atomic mass is 35.5. The molecule has 3 rings (SSSR count). The molecule has 0 atom stereocenters. The van der Waals surface area contributed by atoms with Crippen molar-refractivity contribution in [3.05, 3.63) is 39.2 Å². The maximum Gasteiger partial charge on any atom is 0.336 e. The summed E-state index contributed by atoms with van der Waals surface area (Å²) in [6.45, 7) is 2.81. The second-order valence-corrected chi connectivity index (χ2v) is 5.63. The summed E-state index contributed by atoms with van der Waals surface area (Å²) in [6.07, 6.45) is 3.66. The maximum absolute atomic E-state index is 11.6. The molecule has 0 bridgehead atoms. The SMILES string of the molecule is O=c1cc(CN2CCCCC2)c2cc(Cl)c(O)cc2o1. The summed E-state index contributed by atoms with van der Waals surface area (Å²) in [6, 6.07) is 4.58. The fourth-order valence-electron chi connectivity index (χ4n) is 2.73. The van der Waals surface area contributed by atoms with E-state index in [1.807, 2.05) is 0 Å². The summed E-state index contributed by atoms with van der Waals surface area (Å²) in [5.74, 6) is -0.0718. The number of phenolic OH excluding ortho intramolecular Hbond substituents is 1. The van der Waals surface area contributed by atoms with Gasteiger partial charge in [-0.2, -0.15) is 0 Å². The number of benzene rings is 1. The van der Waals surface area contributed by atoms with Gasteiger partial charge in [-0.3, -0.25) is 4.90 Å². The van der Waals surface area contributed by atoms with Crippen LogP contribution in [0, 0.1) is 0 Å². The number of halogens is 1. The number of hydrogen-bond acceptors (Lipinski definition) is 4. The third kappa shape index (κ3) is 2.67. The molecule has 106 valence electrons. The number of likely N-dealkylation sites (tertiary alicyclic amines) is 1. The van der Waals surface area contributed by atoms with Gasteiger partial charge in [0, 0.05) is 24.1 Å². The fraction of sp³-hybridized carbons (Fsp3) is 0.400. The van der Waals surface area contributed by atoms with Gasteiger partial charge in [0.15, 0.2) is 0 Å². The quantitative estimate of drug-likeness (QED) is 0.864. The lowest BCUT2D eigenvalue weighted by molar-refractivity contribution is 0.221. The molecular formula is C15H16ClNO3. The standard InChI is InChI=1S/C15H16ClNO3/c16-12-7-11-10(9-17-4-2-1-3-5-17)6-15(19)20-14(11)8-13(12)18/h6-8,18H,1-5,9H2. The third-order valence-electron chi connectivity index (χ3n) is 3.74. The Kier molecular flexibility index (Phi) is 3.68. The number of rotatable bonds is 2. The summed E-state index contributed by atoms with van der Waals surface area (Å²) in [7, 11) is 0. The molecular weight excluding hydrogens is 278 g/mol. The van der Waals surface area contributed by atoms with E-state index in [9.17, 15) is 9.90 Å². The van der Waals surface area contributed by atoms with E-state index in [-0.39, 0.29) is 10.8 Å². The number of fused-ring (bicyclic) bond motifs is 1. The Hall–Kier alpha value is -1.52. The molecule has 1 fully saturated rings. The molecule has 1 N–H and O–H groups in total. The first-order valence-corrected chi connectivity index (χ1v) is 7.19. The van der Waals surface area contributed by atoms with Crippen LogP contribution in [0.1, 0.15) is 24.8 Å². The number of nitrogens with zero attached hydrogens (tertiary/aromatic N) is 1. The molecule has 2 aromatic rings. The van der Waals surface area contributed by atoms with Crippen LogP contribution in [0.2, 0.25) is 5.02 Å². The smallest absolute Gasteiger partial charge is 0.336 e. The van der Waals surface area contributed by atoms with Gasteiger partial charge in [0.05, 0.1) is 5.02 Å². The molecule has 1 aliphatic rings. The van der Waals surface area contributed by atoms with Crippen LogP contribution in [-0.4, -0.2) is 23.1 Å². The minimum Gasteiger partial charge on any atom is -0.506 e. The predicted molar refractivity (Wildman–Crippen MR) is 78.3 cm³/mol. The van der Waals surface area contributed by atoms with Crippen molar-refractivity contribution in [3.63, 3.8) is 0 Å². The second-order valence-electron chi connectivity index (χ2n) is 5.23. The molecule has 0 saturated carbocycles. The highest BCUT2D eigenvalue weighted by molar-refractivity contribution is 6.32. The average molecular weight is 294 g/mol. The van der Waals surface area contributed by atoms with Gasteiger partial charge in [-0.1, -0.05) is 18.0 Å². The maximum atomic E-state index is 11.6. The van der Waals surface area contributed by atoms with Crippen LogP contribution in [-0.2, 0) is 6.54 Å². The van der Waals surface area contributed by atoms with Crippen LogP contribution in [0.4, 0.5) is 0 Å². The molecule has 5 heteroatoms. The van der Waals surface area contributed by atoms with E-state index in [1.54, 1.807) is 6.07 Å². The molecule has 2 heterocycles. The monoisotopic (exact) mass is 293 g/mol. The normalized spacial score (nSPS) is 16.6. The largest absolute Gasteiger partial charge is 0.506 e. The zero-order valence-corrected chi connectivity index (χ0v) is 11.8. The summed E-state index contributed by atoms with van der Waals surface area (Å²) in [5, 5.41) is 10.7. The van der Waals surface area contributed by atoms with Crippen molar-refractivity contribution in [1.82, 2.24) is 4.90 Å². The minimum absolute atomic E-state index is 0.0718. The Morgan fingerprint density at radius 3 is 2.70 bits per heavy atom. The first-order chi connectivity index (χ1) is 9.63. The molecule has 1 saturated heterocycles. The summed E-state index contributed by atoms with van der Waals surface area (Å²) >= 11 is 5.96. The van der Waals surface area contributed by atoms with E-state index >= 15 is 0 Å². The second kappa shape index (κ2) is 5.46. The number of phenols is 1. The van der Waals surface area contributed by atoms with Crippen LogP contribution >= 0.6 is 11.6 Å². The van der Waals surface area contributed by atoms with Gasteiger partial charge >= 0.3 is 5.63 Å². The lowest BCUT2D eigenvalue weighted by Crippen LogP contribution is -2.29. The highest BCUT2D eigenvalue weighted by Gasteiger charge is 2.14. The third-order valence-corrected chi connectivity index (χ3v) is 4.04. The van der Waals surface area contributed by atoms with Crippen molar-refractivity contribution < 1.29 is 9.52 Å². The van der Waals surface area contributed by atoms with Gasteiger partial charge in [0.25, 0.3) is 0 Å². The molecule has 0 spiro atoms. The van der Waals surface area contributed by atoms with Crippen molar-refractivity contribution in [3.8, 4) is 5.75 Å². The van der Waals surface area contributed by atoms with Gasteiger partial charge in [0.1, 0.15) is 11.3 Å². The zero-order valence-electron chi connectivity index (χ0n) is 11.1. The van der Waals surface area contributed by atoms with Gasteiger partial charge < -0.3 is 9.52 Å². The predicted octanol–water partition coefficient (Wildman–Crippen LogP) is 3.14.